The Balaban J connectivity index is 2.12. The van der Waals surface area contributed by atoms with Crippen molar-refractivity contribution >= 4 is 50.5 Å². The van der Waals surface area contributed by atoms with E-state index in [2.05, 4.69) is 20.8 Å². The van der Waals surface area contributed by atoms with E-state index in [4.69, 9.17) is 37.3 Å². The molecule has 0 N–H and O–H groups in total. The number of benzene rings is 2. The maximum absolute atomic E-state index is 14.8. The molecule has 12 nitrogen and oxygen atoms in total. The summed E-state index contributed by atoms with van der Waals surface area (Å²) in [7, 11) is -3.66. The van der Waals surface area contributed by atoms with Crippen LogP contribution >= 0.6 is 0 Å². The molecule has 2 aliphatic heterocycles. The minimum absolute atomic E-state index is 0.0520. The minimum Gasteiger partial charge on any atom is -0.467 e. The average Bonchev–Trinajstić information content (AvgIpc) is 3.37. The van der Waals surface area contributed by atoms with Gasteiger partial charge in [0.15, 0.2) is 14.1 Å². The van der Waals surface area contributed by atoms with E-state index >= 15 is 0 Å². The zero-order chi connectivity index (χ0) is 39.5. The van der Waals surface area contributed by atoms with E-state index < -0.39 is 80.1 Å². The number of carbonyl (C=O) groups is 4. The lowest BCUT2D eigenvalue weighted by Gasteiger charge is -2.56. The molecule has 2 aromatic rings. The van der Waals surface area contributed by atoms with Crippen molar-refractivity contribution in [1.29, 1.82) is 0 Å². The van der Waals surface area contributed by atoms with Gasteiger partial charge >= 0.3 is 11.9 Å². The molecule has 53 heavy (non-hydrogen) atoms. The maximum Gasteiger partial charge on any atom is 0.343 e. The van der Waals surface area contributed by atoms with Crippen LogP contribution in [0.2, 0.25) is 24.7 Å². The van der Waals surface area contributed by atoms with Gasteiger partial charge in [0, 0.05) is 13.5 Å². The van der Waals surface area contributed by atoms with Gasteiger partial charge in [0.1, 0.15) is 24.5 Å². The van der Waals surface area contributed by atoms with Crippen molar-refractivity contribution in [2.24, 2.45) is 11.8 Å². The van der Waals surface area contributed by atoms with Gasteiger partial charge < -0.3 is 37.3 Å². The lowest BCUT2D eigenvalue weighted by atomic mass is 9.66. The summed E-state index contributed by atoms with van der Waals surface area (Å²) < 4.78 is 50.1. The standard InChI is InChI=1S/C39H56O12Si2/c1-12-47-35(43)39-33(28(3)41)32(27(2)40)37(50-39,23-24-46-26-44-7)49-31(38(39,34(42)45-8)51-52(9,10)11)25-48-53(36(4,5)6,29-19-15-13-16-20-29)30-21-17-14-18-22-30/h13-22,31-33H,12,23-26H2,1-11H3/t31?,32-,33-,37?,38?,39?/m1/s1. The van der Waals surface area contributed by atoms with Crippen LogP contribution in [0.15, 0.2) is 60.7 Å². The summed E-state index contributed by atoms with van der Waals surface area (Å²) in [6.07, 6.45) is -1.58. The number of esters is 2. The van der Waals surface area contributed by atoms with Gasteiger partial charge in [-0.05, 0) is 55.8 Å². The van der Waals surface area contributed by atoms with Crippen molar-refractivity contribution in [1.82, 2.24) is 0 Å². The number of rotatable bonds is 17. The SMILES string of the molecule is CCOC(=O)C12OC(CCOCOC)(OC(CO[Si](c3ccccc3)(c3ccccc3)C(C)(C)C)C1(O[Si](C)(C)C)C(=O)OC)[C@H](C(C)=O)[C@H]2C(C)=O. The number of hydrogen-bond acceptors (Lipinski definition) is 12. The molecule has 0 spiro atoms. The summed E-state index contributed by atoms with van der Waals surface area (Å²) in [5.74, 6) is -8.07. The highest BCUT2D eigenvalue weighted by Gasteiger charge is 2.86. The van der Waals surface area contributed by atoms with E-state index in [1.807, 2.05) is 80.3 Å². The van der Waals surface area contributed by atoms with Crippen LogP contribution in [0.5, 0.6) is 0 Å². The van der Waals surface area contributed by atoms with Crippen LogP contribution in [0.3, 0.4) is 0 Å². The smallest absolute Gasteiger partial charge is 0.343 e. The van der Waals surface area contributed by atoms with Gasteiger partial charge in [-0.1, -0.05) is 81.4 Å². The molecule has 2 bridgehead atoms. The lowest BCUT2D eigenvalue weighted by molar-refractivity contribution is -0.375. The fourth-order valence-corrected chi connectivity index (χ4v) is 14.2. The molecule has 0 aromatic heterocycles. The number of fused-ring (bicyclic) bond motifs is 2. The zero-order valence-electron chi connectivity index (χ0n) is 32.9. The Kier molecular flexibility index (Phi) is 13.1. The van der Waals surface area contributed by atoms with Crippen molar-refractivity contribution in [3.05, 3.63) is 60.7 Å². The molecule has 2 saturated heterocycles. The number of methoxy groups -OCH3 is 2. The predicted octanol–water partition coefficient (Wildman–Crippen LogP) is 4.17. The van der Waals surface area contributed by atoms with Crippen molar-refractivity contribution < 1.29 is 56.5 Å². The fourth-order valence-electron chi connectivity index (χ4n) is 8.32. The first kappa shape index (κ1) is 42.7. The van der Waals surface area contributed by atoms with E-state index in [9.17, 15) is 19.2 Å². The number of Topliss-reactive ketones (excluding diaryl/α,β-unsaturated/α-hetero) is 2. The van der Waals surface area contributed by atoms with E-state index in [1.165, 1.54) is 21.0 Å². The summed E-state index contributed by atoms with van der Waals surface area (Å²) in [6, 6.07) is 19.8. The molecule has 2 aliphatic rings. The molecule has 4 unspecified atom stereocenters. The minimum atomic E-state index is -3.34. The Hall–Kier alpha value is -3.09. The second kappa shape index (κ2) is 16.3. The van der Waals surface area contributed by atoms with Gasteiger partial charge in [-0.25, -0.2) is 9.59 Å². The number of ketones is 2. The molecule has 2 fully saturated rings. The van der Waals surface area contributed by atoms with Gasteiger partial charge in [0.2, 0.25) is 11.2 Å². The third-order valence-corrected chi connectivity index (χ3v) is 15.9. The molecule has 292 valence electrons. The summed E-state index contributed by atoms with van der Waals surface area (Å²) in [6.45, 7) is 15.4. The highest BCUT2D eigenvalue weighted by molar-refractivity contribution is 6.99. The van der Waals surface area contributed by atoms with Crippen LogP contribution < -0.4 is 10.4 Å². The van der Waals surface area contributed by atoms with E-state index in [-0.39, 0.29) is 33.0 Å². The first-order chi connectivity index (χ1) is 24.8. The van der Waals surface area contributed by atoms with E-state index in [0.29, 0.717) is 0 Å². The highest BCUT2D eigenvalue weighted by atomic mass is 28.4. The number of carbonyl (C=O) groups excluding carboxylic acids is 4. The van der Waals surface area contributed by atoms with Crippen LogP contribution in [0, 0.1) is 11.8 Å². The van der Waals surface area contributed by atoms with Crippen LogP contribution in [0.1, 0.15) is 48.0 Å². The first-order valence-electron chi connectivity index (χ1n) is 18.0. The average molecular weight is 773 g/mol. The quantitative estimate of drug-likeness (QED) is 0.0986. The zero-order valence-corrected chi connectivity index (χ0v) is 34.9. The normalized spacial score (nSPS) is 27.3. The fraction of sp³-hybridized carbons (Fsp3) is 0.590. The van der Waals surface area contributed by atoms with Crippen molar-refractivity contribution in [3.8, 4) is 0 Å². The molecule has 0 aliphatic carbocycles. The molecular formula is C39H56O12Si2. The molecule has 4 rings (SSSR count). The maximum atomic E-state index is 14.8. The Bertz CT molecular complexity index is 1570. The molecule has 0 saturated carbocycles. The van der Waals surface area contributed by atoms with E-state index in [0.717, 1.165) is 17.5 Å². The summed E-state index contributed by atoms with van der Waals surface area (Å²) in [5, 5.41) is 1.41. The van der Waals surface area contributed by atoms with Crippen LogP contribution in [-0.4, -0.2) is 104 Å². The summed E-state index contributed by atoms with van der Waals surface area (Å²) in [4.78, 5) is 57.6. The molecule has 6 atom stereocenters. The number of ether oxygens (including phenoxy) is 6. The van der Waals surface area contributed by atoms with Crippen molar-refractivity contribution in [2.75, 3.05) is 40.8 Å². The Labute approximate surface area is 315 Å². The summed E-state index contributed by atoms with van der Waals surface area (Å²) >= 11 is 0. The molecule has 2 aromatic carbocycles. The Morgan fingerprint density at radius 2 is 1.38 bits per heavy atom. The van der Waals surface area contributed by atoms with Crippen molar-refractivity contribution in [3.63, 3.8) is 0 Å². The molecule has 0 amide bonds. The second-order valence-corrected chi connectivity index (χ2v) is 24.4. The molecule has 2 heterocycles. The third-order valence-electron chi connectivity index (χ3n) is 10.0. The van der Waals surface area contributed by atoms with Crippen LogP contribution in [0.4, 0.5) is 0 Å². The van der Waals surface area contributed by atoms with Gasteiger partial charge in [0.25, 0.3) is 8.32 Å². The lowest BCUT2D eigenvalue weighted by Crippen LogP contribution is -2.80. The Morgan fingerprint density at radius 3 is 1.81 bits per heavy atom. The second-order valence-electron chi connectivity index (χ2n) is 15.6. The van der Waals surface area contributed by atoms with Gasteiger partial charge in [-0.3, -0.25) is 9.59 Å². The molecular weight excluding hydrogens is 717 g/mol. The van der Waals surface area contributed by atoms with Crippen LogP contribution in [0.25, 0.3) is 0 Å². The largest absolute Gasteiger partial charge is 0.467 e. The predicted molar refractivity (Wildman–Crippen MR) is 202 cm³/mol. The van der Waals surface area contributed by atoms with Gasteiger partial charge in [-0.2, -0.15) is 0 Å². The van der Waals surface area contributed by atoms with Crippen molar-refractivity contribution in [2.45, 2.75) is 95.7 Å². The van der Waals surface area contributed by atoms with E-state index in [1.54, 1.807) is 6.92 Å². The number of hydrogen-bond donors (Lipinski definition) is 0. The summed E-state index contributed by atoms with van der Waals surface area (Å²) in [5.41, 5.74) is -5.00. The highest BCUT2D eigenvalue weighted by Crippen LogP contribution is 2.62. The topological polar surface area (TPSA) is 142 Å². The third kappa shape index (κ3) is 7.49. The molecule has 0 radical (unpaired) electrons. The Morgan fingerprint density at radius 1 is 0.830 bits per heavy atom. The van der Waals surface area contributed by atoms with Crippen LogP contribution in [-0.2, 0) is 56.5 Å². The molecule has 14 heteroatoms. The monoisotopic (exact) mass is 772 g/mol. The first-order valence-corrected chi connectivity index (χ1v) is 23.3. The van der Waals surface area contributed by atoms with Gasteiger partial charge in [0.05, 0.1) is 38.8 Å². The van der Waals surface area contributed by atoms with Gasteiger partial charge in [-0.15, -0.1) is 0 Å².